The van der Waals surface area contributed by atoms with E-state index in [4.69, 9.17) is 16.3 Å². The first-order valence-electron chi connectivity index (χ1n) is 4.69. The van der Waals surface area contributed by atoms with Gasteiger partial charge in [-0.3, -0.25) is 9.59 Å². The van der Waals surface area contributed by atoms with Gasteiger partial charge in [-0.1, -0.05) is 0 Å². The van der Waals surface area contributed by atoms with Crippen molar-refractivity contribution in [2.45, 2.75) is 37.3 Å². The fourth-order valence-corrected chi connectivity index (χ4v) is 2.47. The third kappa shape index (κ3) is 1.59. The van der Waals surface area contributed by atoms with E-state index < -0.39 is 0 Å². The number of fused-ring (bicyclic) bond motifs is 2. The van der Waals surface area contributed by atoms with Gasteiger partial charge in [-0.15, -0.1) is 11.6 Å². The summed E-state index contributed by atoms with van der Waals surface area (Å²) in [5.74, 6) is -0.366. The van der Waals surface area contributed by atoms with E-state index >= 15 is 0 Å². The predicted octanol–water partition coefficient (Wildman–Crippen LogP) is 0.434. The summed E-state index contributed by atoms with van der Waals surface area (Å²) in [6.07, 6.45) is 1.08. The average molecular weight is 218 g/mol. The maximum absolute atomic E-state index is 11.2. The molecule has 0 aromatic heterocycles. The van der Waals surface area contributed by atoms with Gasteiger partial charge in [0.25, 0.3) is 0 Å². The second-order valence-corrected chi connectivity index (χ2v) is 4.40. The summed E-state index contributed by atoms with van der Waals surface area (Å²) in [7, 11) is 0. The van der Waals surface area contributed by atoms with Crippen LogP contribution in [0, 0.1) is 5.92 Å². The molecule has 78 valence electrons. The van der Waals surface area contributed by atoms with E-state index in [1.807, 2.05) is 0 Å². The number of rotatable bonds is 1. The molecule has 1 aliphatic heterocycles. The van der Waals surface area contributed by atoms with E-state index in [0.29, 0.717) is 12.8 Å². The molecule has 2 rings (SSSR count). The number of carbonyl (C=O) groups excluding carboxylic acids is 2. The van der Waals surface area contributed by atoms with Gasteiger partial charge in [-0.25, -0.2) is 0 Å². The molecule has 0 radical (unpaired) electrons. The van der Waals surface area contributed by atoms with Crippen LogP contribution in [0.1, 0.15) is 19.8 Å². The fraction of sp³-hybridized carbons (Fsp3) is 0.778. The number of hydrogen-bond donors (Lipinski definition) is 1. The highest BCUT2D eigenvalue weighted by atomic mass is 35.5. The van der Waals surface area contributed by atoms with Gasteiger partial charge >= 0.3 is 5.97 Å². The summed E-state index contributed by atoms with van der Waals surface area (Å²) in [6.45, 7) is 1.45. The van der Waals surface area contributed by atoms with Crippen LogP contribution in [0.15, 0.2) is 0 Å². The summed E-state index contributed by atoms with van der Waals surface area (Å²) in [4.78, 5) is 22.1. The van der Waals surface area contributed by atoms with Crippen molar-refractivity contribution in [3.05, 3.63) is 0 Å². The predicted molar refractivity (Wildman–Crippen MR) is 49.8 cm³/mol. The van der Waals surface area contributed by atoms with Crippen LogP contribution in [0.25, 0.3) is 0 Å². The number of esters is 1. The quantitative estimate of drug-likeness (QED) is 0.512. The van der Waals surface area contributed by atoms with Gasteiger partial charge in [0.05, 0.1) is 11.3 Å². The standard InChI is InChI=1S/C9H12ClNO3/c1-4(12)11-6-2-5-3-7(8(6)10)14-9(5)13/h5-8H,2-3H2,1H3,(H,11,12)/t5-,6-,7+,8+/m0/s1. The summed E-state index contributed by atoms with van der Waals surface area (Å²) < 4.78 is 5.09. The molecule has 4 atom stereocenters. The third-order valence-corrected chi connectivity index (χ3v) is 3.37. The summed E-state index contributed by atoms with van der Waals surface area (Å²) in [6, 6.07) is -0.135. The van der Waals surface area contributed by atoms with Crippen molar-refractivity contribution in [1.29, 1.82) is 0 Å². The molecule has 2 fully saturated rings. The van der Waals surface area contributed by atoms with Crippen LogP contribution < -0.4 is 5.32 Å². The summed E-state index contributed by atoms with van der Waals surface area (Å²) in [5.41, 5.74) is 0. The first-order chi connectivity index (χ1) is 6.58. The van der Waals surface area contributed by atoms with Gasteiger partial charge in [-0.2, -0.15) is 0 Å². The zero-order chi connectivity index (χ0) is 10.3. The first-order valence-corrected chi connectivity index (χ1v) is 5.13. The Labute approximate surface area is 86.9 Å². The Morgan fingerprint density at radius 1 is 1.57 bits per heavy atom. The molecule has 2 aliphatic rings. The van der Waals surface area contributed by atoms with E-state index in [9.17, 15) is 9.59 Å². The molecule has 1 saturated heterocycles. The van der Waals surface area contributed by atoms with E-state index in [0.717, 1.165) is 0 Å². The van der Waals surface area contributed by atoms with Crippen molar-refractivity contribution in [1.82, 2.24) is 5.32 Å². The molecule has 4 nitrogen and oxygen atoms in total. The van der Waals surface area contributed by atoms with Crippen LogP contribution in [0.5, 0.6) is 0 Å². The van der Waals surface area contributed by atoms with Crippen molar-refractivity contribution in [2.75, 3.05) is 0 Å². The lowest BCUT2D eigenvalue weighted by molar-refractivity contribution is -0.143. The van der Waals surface area contributed by atoms with E-state index in [1.54, 1.807) is 0 Å². The van der Waals surface area contributed by atoms with Crippen molar-refractivity contribution in [2.24, 2.45) is 5.92 Å². The Bertz CT molecular complexity index is 281. The van der Waals surface area contributed by atoms with Crippen LogP contribution in [-0.4, -0.2) is 29.4 Å². The topological polar surface area (TPSA) is 55.4 Å². The lowest BCUT2D eigenvalue weighted by atomic mass is 9.86. The largest absolute Gasteiger partial charge is 0.460 e. The molecule has 0 spiro atoms. The number of halogens is 1. The molecular formula is C9H12ClNO3. The molecule has 0 unspecified atom stereocenters. The number of carbonyl (C=O) groups is 2. The van der Waals surface area contributed by atoms with Gasteiger partial charge in [0, 0.05) is 13.0 Å². The van der Waals surface area contributed by atoms with Gasteiger partial charge in [-0.05, 0) is 12.8 Å². The third-order valence-electron chi connectivity index (χ3n) is 2.78. The van der Waals surface area contributed by atoms with Crippen LogP contribution in [-0.2, 0) is 14.3 Å². The second-order valence-electron chi connectivity index (χ2n) is 3.90. The summed E-state index contributed by atoms with van der Waals surface area (Å²) in [5, 5.41) is 2.46. The van der Waals surface area contributed by atoms with Crippen LogP contribution in [0.4, 0.5) is 0 Å². The highest BCUT2D eigenvalue weighted by Gasteiger charge is 2.47. The molecule has 5 heteroatoms. The van der Waals surface area contributed by atoms with Gasteiger partial charge in [0.1, 0.15) is 6.10 Å². The minimum absolute atomic E-state index is 0.0770. The summed E-state index contributed by atoms with van der Waals surface area (Å²) >= 11 is 6.09. The van der Waals surface area contributed by atoms with Gasteiger partial charge in [0.15, 0.2) is 0 Å². The maximum atomic E-state index is 11.2. The van der Waals surface area contributed by atoms with Crippen LogP contribution >= 0.6 is 11.6 Å². The number of hydrogen-bond acceptors (Lipinski definition) is 3. The number of alkyl halides is 1. The van der Waals surface area contributed by atoms with E-state index in [-0.39, 0.29) is 35.3 Å². The van der Waals surface area contributed by atoms with E-state index in [2.05, 4.69) is 5.32 Å². The van der Waals surface area contributed by atoms with Crippen LogP contribution in [0.3, 0.4) is 0 Å². The Balaban J connectivity index is 2.07. The Morgan fingerprint density at radius 2 is 2.29 bits per heavy atom. The normalized spacial score (nSPS) is 40.6. The smallest absolute Gasteiger partial charge is 0.309 e. The molecule has 14 heavy (non-hydrogen) atoms. The molecule has 0 aromatic rings. The van der Waals surface area contributed by atoms with Gasteiger partial charge < -0.3 is 10.1 Å². The molecule has 1 N–H and O–H groups in total. The molecule has 1 heterocycles. The Morgan fingerprint density at radius 3 is 2.93 bits per heavy atom. The van der Waals surface area contributed by atoms with Crippen molar-refractivity contribution < 1.29 is 14.3 Å². The first kappa shape index (κ1) is 9.77. The lowest BCUT2D eigenvalue weighted by Crippen LogP contribution is -2.47. The van der Waals surface area contributed by atoms with Crippen molar-refractivity contribution >= 4 is 23.5 Å². The molecular weight excluding hydrogens is 206 g/mol. The molecule has 1 saturated carbocycles. The Hall–Kier alpha value is -0.770. The number of ether oxygens (including phenoxy) is 1. The van der Waals surface area contributed by atoms with Crippen molar-refractivity contribution in [3.8, 4) is 0 Å². The Kier molecular flexibility index (Phi) is 2.39. The average Bonchev–Trinajstić information content (AvgIpc) is 2.39. The van der Waals surface area contributed by atoms with E-state index in [1.165, 1.54) is 6.92 Å². The maximum Gasteiger partial charge on any atom is 0.309 e. The number of amides is 1. The van der Waals surface area contributed by atoms with Gasteiger partial charge in [0.2, 0.25) is 5.91 Å². The monoisotopic (exact) mass is 217 g/mol. The number of nitrogens with one attached hydrogen (secondary N) is 1. The highest BCUT2D eigenvalue weighted by molar-refractivity contribution is 6.22. The molecule has 1 amide bonds. The highest BCUT2D eigenvalue weighted by Crippen LogP contribution is 2.37. The molecule has 0 aromatic carbocycles. The SMILES string of the molecule is CC(=O)N[C@H]1C[C@H]2C[C@@H](OC2=O)[C@@H]1Cl. The fourth-order valence-electron chi connectivity index (χ4n) is 2.15. The minimum atomic E-state index is -0.290. The lowest BCUT2D eigenvalue weighted by Gasteiger charge is -2.29. The molecule has 1 aliphatic carbocycles. The zero-order valence-electron chi connectivity index (χ0n) is 7.83. The van der Waals surface area contributed by atoms with Crippen molar-refractivity contribution in [3.63, 3.8) is 0 Å². The van der Waals surface area contributed by atoms with Crippen LogP contribution in [0.2, 0.25) is 0 Å². The minimum Gasteiger partial charge on any atom is -0.460 e. The second kappa shape index (κ2) is 3.42. The zero-order valence-corrected chi connectivity index (χ0v) is 8.58. The molecule has 2 bridgehead atoms.